The molecular formula is C27H33ClO6. The number of hydrogen-bond acceptors (Lipinski definition) is 6. The van der Waals surface area contributed by atoms with Crippen molar-refractivity contribution < 1.29 is 29.9 Å². The Kier molecular flexibility index (Phi) is 6.90. The van der Waals surface area contributed by atoms with E-state index in [0.29, 0.717) is 28.5 Å². The van der Waals surface area contributed by atoms with E-state index in [0.717, 1.165) is 16.9 Å². The van der Waals surface area contributed by atoms with E-state index in [4.69, 9.17) is 21.1 Å². The fourth-order valence-corrected chi connectivity index (χ4v) is 6.09. The molecule has 0 aromatic heterocycles. The first-order valence-corrected chi connectivity index (χ1v) is 12.6. The second-order valence-corrected chi connectivity index (χ2v) is 10.7. The molecule has 4 N–H and O–H groups in total. The first-order chi connectivity index (χ1) is 16.4. The van der Waals surface area contributed by atoms with Crippen LogP contribution in [-0.4, -0.2) is 57.6 Å². The van der Waals surface area contributed by atoms with Crippen molar-refractivity contribution in [1.29, 1.82) is 0 Å². The monoisotopic (exact) mass is 488 g/mol. The van der Waals surface area contributed by atoms with Crippen LogP contribution in [0.3, 0.4) is 0 Å². The molecule has 1 saturated heterocycles. The van der Waals surface area contributed by atoms with Crippen LogP contribution in [-0.2, 0) is 11.2 Å². The maximum Gasteiger partial charge on any atom is 0.119 e. The van der Waals surface area contributed by atoms with E-state index < -0.39 is 37.1 Å². The van der Waals surface area contributed by atoms with Gasteiger partial charge >= 0.3 is 0 Å². The van der Waals surface area contributed by atoms with Crippen LogP contribution in [0.1, 0.15) is 61.3 Å². The first kappa shape index (κ1) is 24.0. The molecule has 2 aliphatic carbocycles. The summed E-state index contributed by atoms with van der Waals surface area (Å²) in [6.45, 7) is -0.460. The van der Waals surface area contributed by atoms with Crippen LogP contribution in [0.2, 0.25) is 5.02 Å². The molecule has 6 nitrogen and oxygen atoms in total. The summed E-state index contributed by atoms with van der Waals surface area (Å²) in [5, 5.41) is 40.7. The topological polar surface area (TPSA) is 99.4 Å². The highest BCUT2D eigenvalue weighted by atomic mass is 35.5. The SMILES string of the molecule is OCC1OC(c2ccc(Cl)c(Cc3ccc(OC4CC5(CCCC5)C4)cc3)c2)C(O)C(O)C1O. The molecule has 5 atom stereocenters. The molecule has 1 heterocycles. The van der Waals surface area contributed by atoms with Gasteiger partial charge in [0, 0.05) is 5.02 Å². The van der Waals surface area contributed by atoms with Crippen LogP contribution in [0.5, 0.6) is 5.75 Å². The van der Waals surface area contributed by atoms with Crippen molar-refractivity contribution in [3.8, 4) is 5.75 Å². The minimum absolute atomic E-state index is 0.327. The highest BCUT2D eigenvalue weighted by Crippen LogP contribution is 2.54. The van der Waals surface area contributed by atoms with Crippen LogP contribution in [0, 0.1) is 5.41 Å². The summed E-state index contributed by atoms with van der Waals surface area (Å²) in [5.74, 6) is 0.891. The van der Waals surface area contributed by atoms with Crippen LogP contribution in [0.4, 0.5) is 0 Å². The minimum Gasteiger partial charge on any atom is -0.490 e. The predicted molar refractivity (Wildman–Crippen MR) is 128 cm³/mol. The Labute approximate surface area is 205 Å². The van der Waals surface area contributed by atoms with Gasteiger partial charge in [-0.3, -0.25) is 0 Å². The van der Waals surface area contributed by atoms with Gasteiger partial charge in [-0.2, -0.15) is 0 Å². The zero-order valence-electron chi connectivity index (χ0n) is 19.1. The molecule has 5 rings (SSSR count). The van der Waals surface area contributed by atoms with Crippen LogP contribution in [0.15, 0.2) is 42.5 Å². The Balaban J connectivity index is 1.24. The number of ether oxygens (including phenoxy) is 2. The second-order valence-electron chi connectivity index (χ2n) is 10.3. The second kappa shape index (κ2) is 9.76. The zero-order chi connectivity index (χ0) is 23.9. The van der Waals surface area contributed by atoms with Gasteiger partial charge in [-0.25, -0.2) is 0 Å². The van der Waals surface area contributed by atoms with Gasteiger partial charge in [-0.1, -0.05) is 48.7 Å². The van der Waals surface area contributed by atoms with Gasteiger partial charge < -0.3 is 29.9 Å². The molecule has 3 fully saturated rings. The molecule has 7 heteroatoms. The van der Waals surface area contributed by atoms with Gasteiger partial charge in [0.15, 0.2) is 0 Å². The number of benzene rings is 2. The lowest BCUT2D eigenvalue weighted by Crippen LogP contribution is -2.55. The molecule has 2 aromatic carbocycles. The normalized spacial score (nSPS) is 30.9. The maximum absolute atomic E-state index is 10.5. The lowest BCUT2D eigenvalue weighted by Gasteiger charge is -2.45. The van der Waals surface area contributed by atoms with Crippen LogP contribution < -0.4 is 4.74 Å². The largest absolute Gasteiger partial charge is 0.490 e. The quantitative estimate of drug-likeness (QED) is 0.496. The number of halogens is 1. The maximum atomic E-state index is 10.5. The van der Waals surface area contributed by atoms with Crippen LogP contribution >= 0.6 is 11.6 Å². The molecule has 1 spiro atoms. The summed E-state index contributed by atoms with van der Waals surface area (Å²) < 4.78 is 11.9. The van der Waals surface area contributed by atoms with Crippen LogP contribution in [0.25, 0.3) is 0 Å². The molecule has 1 aliphatic heterocycles. The van der Waals surface area contributed by atoms with Gasteiger partial charge in [-0.05, 0) is 72.4 Å². The third kappa shape index (κ3) is 4.72. The van der Waals surface area contributed by atoms with E-state index in [1.54, 1.807) is 12.1 Å². The minimum atomic E-state index is -1.42. The summed E-state index contributed by atoms with van der Waals surface area (Å²) >= 11 is 6.46. The highest BCUT2D eigenvalue weighted by molar-refractivity contribution is 6.31. The number of rotatable bonds is 6. The molecule has 2 saturated carbocycles. The lowest BCUT2D eigenvalue weighted by molar-refractivity contribution is -0.231. The lowest BCUT2D eigenvalue weighted by atomic mass is 9.65. The Morgan fingerprint density at radius 1 is 0.941 bits per heavy atom. The van der Waals surface area contributed by atoms with Crippen molar-refractivity contribution in [3.05, 3.63) is 64.2 Å². The number of aliphatic hydroxyl groups is 4. The van der Waals surface area contributed by atoms with Crippen molar-refractivity contribution in [2.75, 3.05) is 6.61 Å². The number of hydrogen-bond donors (Lipinski definition) is 4. The van der Waals surface area contributed by atoms with E-state index in [9.17, 15) is 20.4 Å². The van der Waals surface area contributed by atoms with Crippen molar-refractivity contribution in [1.82, 2.24) is 0 Å². The Hall–Kier alpha value is -1.67. The summed E-state index contributed by atoms with van der Waals surface area (Å²) in [5.41, 5.74) is 3.11. The Morgan fingerprint density at radius 2 is 1.65 bits per heavy atom. The summed E-state index contributed by atoms with van der Waals surface area (Å²) in [4.78, 5) is 0. The highest BCUT2D eigenvalue weighted by Gasteiger charge is 2.47. The average molecular weight is 489 g/mol. The van der Waals surface area contributed by atoms with Gasteiger partial charge in [0.1, 0.15) is 36.3 Å². The molecule has 0 radical (unpaired) electrons. The molecule has 3 aliphatic rings. The fourth-order valence-electron chi connectivity index (χ4n) is 5.91. The molecule has 0 amide bonds. The molecular weight excluding hydrogens is 456 g/mol. The predicted octanol–water partition coefficient (Wildman–Crippen LogP) is 3.55. The number of aliphatic hydroxyl groups excluding tert-OH is 4. The van der Waals surface area contributed by atoms with E-state index in [1.807, 2.05) is 30.3 Å². The van der Waals surface area contributed by atoms with Crippen molar-refractivity contribution >= 4 is 11.6 Å². The molecule has 2 aromatic rings. The third-order valence-corrected chi connectivity index (χ3v) is 8.27. The molecule has 34 heavy (non-hydrogen) atoms. The van der Waals surface area contributed by atoms with Gasteiger partial charge in [0.05, 0.1) is 12.7 Å². The van der Waals surface area contributed by atoms with E-state index in [2.05, 4.69) is 0 Å². The van der Waals surface area contributed by atoms with E-state index in [1.165, 1.54) is 38.5 Å². The standard InChI is InChI=1S/C27H33ClO6/c28-21-8-5-17(26-25(32)24(31)23(30)22(15-29)34-26)12-18(21)11-16-3-6-19(7-4-16)33-20-13-27(14-20)9-1-2-10-27/h3-8,12,20,22-26,29-32H,1-2,9-11,13-15H2. The van der Waals surface area contributed by atoms with Gasteiger partial charge in [0.25, 0.3) is 0 Å². The van der Waals surface area contributed by atoms with E-state index in [-0.39, 0.29) is 0 Å². The average Bonchev–Trinajstić information content (AvgIpc) is 3.30. The van der Waals surface area contributed by atoms with Crippen molar-refractivity contribution in [2.24, 2.45) is 5.41 Å². The van der Waals surface area contributed by atoms with Gasteiger partial charge in [0.2, 0.25) is 0 Å². The Morgan fingerprint density at radius 3 is 2.32 bits per heavy atom. The van der Waals surface area contributed by atoms with E-state index >= 15 is 0 Å². The summed E-state index contributed by atoms with van der Waals surface area (Å²) in [7, 11) is 0. The van der Waals surface area contributed by atoms with Crippen molar-refractivity contribution in [2.45, 2.75) is 81.6 Å². The Bertz CT molecular complexity index is 979. The fraction of sp³-hybridized carbons (Fsp3) is 0.556. The van der Waals surface area contributed by atoms with Crippen molar-refractivity contribution in [3.63, 3.8) is 0 Å². The third-order valence-electron chi connectivity index (χ3n) is 7.90. The summed E-state index contributed by atoms with van der Waals surface area (Å²) in [6, 6.07) is 13.4. The zero-order valence-corrected chi connectivity index (χ0v) is 19.9. The summed E-state index contributed by atoms with van der Waals surface area (Å²) in [6.07, 6.45) is 2.75. The first-order valence-electron chi connectivity index (χ1n) is 12.2. The van der Waals surface area contributed by atoms with Gasteiger partial charge in [-0.15, -0.1) is 0 Å². The molecule has 184 valence electrons. The molecule has 0 bridgehead atoms. The smallest absolute Gasteiger partial charge is 0.119 e. The molecule has 5 unspecified atom stereocenters.